The monoisotopic (exact) mass is 343 g/mol. The highest BCUT2D eigenvalue weighted by atomic mass is 79.9. The van der Waals surface area contributed by atoms with Crippen LogP contribution in [0.4, 0.5) is 4.39 Å². The first-order chi connectivity index (χ1) is 9.47. The van der Waals surface area contributed by atoms with E-state index in [1.165, 1.54) is 12.1 Å². The van der Waals surface area contributed by atoms with Crippen LogP contribution < -0.4 is 5.32 Å². The average molecular weight is 344 g/mol. The summed E-state index contributed by atoms with van der Waals surface area (Å²) >= 11 is 3.14. The molecule has 0 bridgehead atoms. The summed E-state index contributed by atoms with van der Waals surface area (Å²) in [5.74, 6) is -1.07. The van der Waals surface area contributed by atoms with Crippen LogP contribution in [0.15, 0.2) is 22.7 Å². The van der Waals surface area contributed by atoms with Crippen molar-refractivity contribution in [3.63, 3.8) is 0 Å². The molecule has 1 aromatic rings. The molecular weight excluding hydrogens is 329 g/mol. The van der Waals surface area contributed by atoms with E-state index in [2.05, 4.69) is 21.2 Å². The first kappa shape index (κ1) is 15.0. The van der Waals surface area contributed by atoms with Crippen LogP contribution >= 0.6 is 15.9 Å². The molecule has 2 rings (SSSR count). The Labute approximate surface area is 124 Å². The van der Waals surface area contributed by atoms with E-state index in [0.717, 1.165) is 18.9 Å². The highest BCUT2D eigenvalue weighted by Gasteiger charge is 2.29. The van der Waals surface area contributed by atoms with Crippen molar-refractivity contribution in [2.24, 2.45) is 5.92 Å². The van der Waals surface area contributed by atoms with Gasteiger partial charge in [-0.1, -0.05) is 0 Å². The predicted octanol–water partition coefficient (Wildman–Crippen LogP) is 2.66. The molecule has 1 saturated carbocycles. The molecule has 0 heterocycles. The van der Waals surface area contributed by atoms with E-state index in [-0.39, 0.29) is 24.1 Å². The number of ether oxygens (including phenoxy) is 1. The van der Waals surface area contributed by atoms with Crippen molar-refractivity contribution in [1.29, 1.82) is 0 Å². The van der Waals surface area contributed by atoms with Crippen molar-refractivity contribution in [1.82, 2.24) is 5.32 Å². The molecule has 1 aromatic carbocycles. The lowest BCUT2D eigenvalue weighted by Crippen LogP contribution is -2.37. The maximum Gasteiger partial charge on any atom is 0.339 e. The van der Waals surface area contributed by atoms with Crippen LogP contribution in [0, 0.1) is 11.7 Å². The molecule has 4 nitrogen and oxygen atoms in total. The number of hydrogen-bond donors (Lipinski definition) is 1. The Bertz CT molecular complexity index is 531. The van der Waals surface area contributed by atoms with Crippen molar-refractivity contribution in [2.75, 3.05) is 6.61 Å². The second-order valence-corrected chi connectivity index (χ2v) is 5.75. The van der Waals surface area contributed by atoms with Gasteiger partial charge in [0.1, 0.15) is 5.82 Å². The van der Waals surface area contributed by atoms with Gasteiger partial charge in [0.05, 0.1) is 5.56 Å². The van der Waals surface area contributed by atoms with Crippen molar-refractivity contribution < 1.29 is 18.7 Å². The second-order valence-electron chi connectivity index (χ2n) is 4.89. The van der Waals surface area contributed by atoms with E-state index >= 15 is 0 Å². The summed E-state index contributed by atoms with van der Waals surface area (Å²) in [6, 6.07) is 3.81. The minimum Gasteiger partial charge on any atom is -0.452 e. The van der Waals surface area contributed by atoms with Crippen LogP contribution in [0.2, 0.25) is 0 Å². The van der Waals surface area contributed by atoms with Gasteiger partial charge >= 0.3 is 5.97 Å². The lowest BCUT2D eigenvalue weighted by molar-refractivity contribution is -0.124. The number of esters is 1. The second kappa shape index (κ2) is 6.35. The third-order valence-electron chi connectivity index (χ3n) is 3.20. The zero-order valence-corrected chi connectivity index (χ0v) is 12.6. The smallest absolute Gasteiger partial charge is 0.339 e. The molecule has 20 heavy (non-hydrogen) atoms. The van der Waals surface area contributed by atoms with Gasteiger partial charge in [-0.15, -0.1) is 0 Å². The lowest BCUT2D eigenvalue weighted by atomic mass is 10.2. The normalized spacial score (nSPS) is 15.6. The van der Waals surface area contributed by atoms with Crippen LogP contribution in [-0.2, 0) is 9.53 Å². The third-order valence-corrected chi connectivity index (χ3v) is 3.89. The fourth-order valence-corrected chi connectivity index (χ4v) is 2.28. The summed E-state index contributed by atoms with van der Waals surface area (Å²) in [4.78, 5) is 23.4. The van der Waals surface area contributed by atoms with Crippen LogP contribution in [0.25, 0.3) is 0 Å². The van der Waals surface area contributed by atoms with Crippen molar-refractivity contribution in [3.8, 4) is 0 Å². The molecular formula is C14H15BrFNO3. The minimum atomic E-state index is -0.731. The first-order valence-electron chi connectivity index (χ1n) is 6.39. The van der Waals surface area contributed by atoms with E-state index in [4.69, 9.17) is 4.74 Å². The first-order valence-corrected chi connectivity index (χ1v) is 7.18. The number of benzene rings is 1. The molecule has 6 heteroatoms. The molecule has 0 aliphatic heterocycles. The Balaban J connectivity index is 1.85. The fourth-order valence-electron chi connectivity index (χ4n) is 1.87. The van der Waals surface area contributed by atoms with E-state index in [1.54, 1.807) is 0 Å². The molecule has 1 fully saturated rings. The molecule has 1 aliphatic carbocycles. The van der Waals surface area contributed by atoms with Crippen LogP contribution in [-0.4, -0.2) is 24.5 Å². The minimum absolute atomic E-state index is 0.0630. The molecule has 108 valence electrons. The number of carbonyl (C=O) groups excluding carboxylic acids is 2. The highest BCUT2D eigenvalue weighted by Crippen LogP contribution is 2.32. The molecule has 0 spiro atoms. The van der Waals surface area contributed by atoms with Gasteiger partial charge in [-0.3, -0.25) is 4.79 Å². The SMILES string of the molecule is C[C@H](NC(=O)COC(=O)c1cc(F)ccc1Br)C1CC1. The topological polar surface area (TPSA) is 55.4 Å². The lowest BCUT2D eigenvalue weighted by Gasteiger charge is -2.13. The van der Waals surface area contributed by atoms with Crippen LogP contribution in [0.1, 0.15) is 30.1 Å². The number of rotatable bonds is 5. The summed E-state index contributed by atoms with van der Waals surface area (Å²) < 4.78 is 18.4. The maximum atomic E-state index is 13.1. The van der Waals surface area contributed by atoms with E-state index < -0.39 is 11.8 Å². The molecule has 0 aromatic heterocycles. The zero-order chi connectivity index (χ0) is 14.7. The summed E-state index contributed by atoms with van der Waals surface area (Å²) in [5.41, 5.74) is 0.0630. The van der Waals surface area contributed by atoms with Gasteiger partial charge in [0, 0.05) is 10.5 Å². The predicted molar refractivity (Wildman–Crippen MR) is 74.7 cm³/mol. The van der Waals surface area contributed by atoms with Gasteiger partial charge < -0.3 is 10.1 Å². The molecule has 1 aliphatic rings. The molecule has 0 radical (unpaired) electrons. The number of amides is 1. The van der Waals surface area contributed by atoms with E-state index in [1.807, 2.05) is 6.92 Å². The number of hydrogen-bond acceptors (Lipinski definition) is 3. The van der Waals surface area contributed by atoms with Crippen molar-refractivity contribution in [3.05, 3.63) is 34.1 Å². The van der Waals surface area contributed by atoms with Crippen molar-refractivity contribution in [2.45, 2.75) is 25.8 Å². The fraction of sp³-hybridized carbons (Fsp3) is 0.429. The Morgan fingerprint density at radius 2 is 2.20 bits per heavy atom. The summed E-state index contributed by atoms with van der Waals surface area (Å²) in [6.07, 6.45) is 2.24. The maximum absolute atomic E-state index is 13.1. The molecule has 0 unspecified atom stereocenters. The van der Waals surface area contributed by atoms with E-state index in [0.29, 0.717) is 10.4 Å². The Hall–Kier alpha value is -1.43. The summed E-state index contributed by atoms with van der Waals surface area (Å²) in [6.45, 7) is 1.57. The van der Waals surface area contributed by atoms with Crippen molar-refractivity contribution >= 4 is 27.8 Å². The van der Waals surface area contributed by atoms with Gasteiger partial charge in [0.25, 0.3) is 5.91 Å². The summed E-state index contributed by atoms with van der Waals surface area (Å²) in [7, 11) is 0. The molecule has 1 atom stereocenters. The van der Waals surface area contributed by atoms with Gasteiger partial charge in [0.2, 0.25) is 0 Å². The summed E-state index contributed by atoms with van der Waals surface area (Å²) in [5, 5.41) is 2.77. The molecule has 1 amide bonds. The Morgan fingerprint density at radius 3 is 2.85 bits per heavy atom. The quantitative estimate of drug-likeness (QED) is 0.836. The van der Waals surface area contributed by atoms with Gasteiger partial charge in [-0.2, -0.15) is 0 Å². The van der Waals surface area contributed by atoms with Crippen LogP contribution in [0.5, 0.6) is 0 Å². The van der Waals surface area contributed by atoms with Gasteiger partial charge in [-0.25, -0.2) is 9.18 Å². The largest absolute Gasteiger partial charge is 0.452 e. The van der Waals surface area contributed by atoms with E-state index in [9.17, 15) is 14.0 Å². The Kier molecular flexibility index (Phi) is 4.75. The standard InChI is InChI=1S/C14H15BrFNO3/c1-8(9-2-3-9)17-13(18)7-20-14(19)11-6-10(16)4-5-12(11)15/h4-6,8-9H,2-3,7H2,1H3,(H,17,18)/t8-/m0/s1. The molecule has 0 saturated heterocycles. The van der Waals surface area contributed by atoms with Crippen LogP contribution in [0.3, 0.4) is 0 Å². The zero-order valence-electron chi connectivity index (χ0n) is 11.0. The highest BCUT2D eigenvalue weighted by molar-refractivity contribution is 9.10. The third kappa shape index (κ3) is 4.03. The number of carbonyl (C=O) groups is 2. The number of halogens is 2. The Morgan fingerprint density at radius 1 is 1.50 bits per heavy atom. The molecule has 1 N–H and O–H groups in total. The number of nitrogens with one attached hydrogen (secondary N) is 1. The van der Waals surface area contributed by atoms with Gasteiger partial charge in [0.15, 0.2) is 6.61 Å². The average Bonchev–Trinajstić information content (AvgIpc) is 3.23. The van der Waals surface area contributed by atoms with Gasteiger partial charge in [-0.05, 0) is 59.8 Å².